The van der Waals surface area contributed by atoms with E-state index in [1.165, 1.54) is 9.78 Å². The number of rotatable bonds is 10. The zero-order chi connectivity index (χ0) is 26.4. The first kappa shape index (κ1) is 34.3. The molecule has 9 nitrogen and oxygen atoms in total. The summed E-state index contributed by atoms with van der Waals surface area (Å²) in [6, 6.07) is 4.26. The molecule has 1 amide bonds. The lowest BCUT2D eigenvalue weighted by atomic mass is 10.2. The molecule has 1 aromatic rings. The summed E-state index contributed by atoms with van der Waals surface area (Å²) in [4.78, 5) is 38.3. The molecular formula is C24H45N3O6S. The second-order valence-corrected chi connectivity index (χ2v) is 7.76. The van der Waals surface area contributed by atoms with Gasteiger partial charge in [-0.2, -0.15) is 0 Å². The van der Waals surface area contributed by atoms with Crippen LogP contribution in [0.2, 0.25) is 0 Å². The first-order valence-electron chi connectivity index (χ1n) is 12.1. The summed E-state index contributed by atoms with van der Waals surface area (Å²) in [6.45, 7) is 13.6. The van der Waals surface area contributed by atoms with Gasteiger partial charge in [-0.25, -0.2) is 0 Å². The number of aliphatic hydroxyl groups is 2. The predicted octanol–water partition coefficient (Wildman–Crippen LogP) is 1.57. The Morgan fingerprint density at radius 1 is 1.18 bits per heavy atom. The lowest BCUT2D eigenvalue weighted by Crippen LogP contribution is -2.53. The highest BCUT2D eigenvalue weighted by atomic mass is 32.1. The number of piperazine rings is 1. The van der Waals surface area contributed by atoms with E-state index in [9.17, 15) is 19.5 Å². The molecule has 0 bridgehead atoms. The Morgan fingerprint density at radius 3 is 2.26 bits per heavy atom. The monoisotopic (exact) mass is 503 g/mol. The van der Waals surface area contributed by atoms with E-state index in [2.05, 4.69) is 22.8 Å². The minimum atomic E-state index is -1.71. The van der Waals surface area contributed by atoms with Crippen LogP contribution in [0.15, 0.2) is 17.5 Å². The van der Waals surface area contributed by atoms with Gasteiger partial charge in [0.25, 0.3) is 5.91 Å². The number of aliphatic hydroxyl groups excluding tert-OH is 2. The molecule has 198 valence electrons. The molecule has 10 heteroatoms. The molecule has 1 aliphatic rings. The standard InChI is InChI=1S/C13H22N2O6.C7H11NS.2C2H6/c1-2-21-11(18)3-4-14-5-7-15(8-6-14)13(20)12(19)10(17)9-16;1-8-5-4-7-3-2-6-9-7;2*1-2/h9-10,12,17,19H,2-8H2,1H3;2-3,6,8H,4-5H2,1H3;2*1-2H3. The summed E-state index contributed by atoms with van der Waals surface area (Å²) < 4.78 is 4.84. The van der Waals surface area contributed by atoms with Gasteiger partial charge in [0, 0.05) is 37.6 Å². The third-order valence-electron chi connectivity index (χ3n) is 4.54. The number of likely N-dealkylation sites (N-methyl/N-ethyl adjacent to an activating group) is 1. The first-order valence-corrected chi connectivity index (χ1v) is 13.0. The van der Waals surface area contributed by atoms with Crippen LogP contribution < -0.4 is 5.32 Å². The van der Waals surface area contributed by atoms with Crippen LogP contribution in [0.4, 0.5) is 0 Å². The quantitative estimate of drug-likeness (QED) is 0.325. The van der Waals surface area contributed by atoms with Gasteiger partial charge in [0.2, 0.25) is 0 Å². The van der Waals surface area contributed by atoms with Gasteiger partial charge < -0.3 is 30.0 Å². The van der Waals surface area contributed by atoms with Gasteiger partial charge in [-0.1, -0.05) is 33.8 Å². The van der Waals surface area contributed by atoms with Gasteiger partial charge >= 0.3 is 5.97 Å². The Bertz CT molecular complexity index is 622. The van der Waals surface area contributed by atoms with Gasteiger partial charge in [-0.05, 0) is 38.4 Å². The highest BCUT2D eigenvalue weighted by Gasteiger charge is 2.30. The maximum absolute atomic E-state index is 11.8. The zero-order valence-corrected chi connectivity index (χ0v) is 22.5. The predicted molar refractivity (Wildman–Crippen MR) is 137 cm³/mol. The number of amides is 1. The van der Waals surface area contributed by atoms with Crippen molar-refractivity contribution >= 4 is 29.5 Å². The summed E-state index contributed by atoms with van der Waals surface area (Å²) in [5, 5.41) is 23.9. The highest BCUT2D eigenvalue weighted by Crippen LogP contribution is 2.08. The third-order valence-corrected chi connectivity index (χ3v) is 5.48. The zero-order valence-electron chi connectivity index (χ0n) is 21.7. The molecule has 34 heavy (non-hydrogen) atoms. The van der Waals surface area contributed by atoms with Crippen LogP contribution in [-0.4, -0.2) is 103 Å². The second-order valence-electron chi connectivity index (χ2n) is 6.73. The average molecular weight is 504 g/mol. The molecule has 1 aliphatic heterocycles. The number of hydrogen-bond donors (Lipinski definition) is 3. The van der Waals surface area contributed by atoms with Gasteiger partial charge in [0.05, 0.1) is 13.0 Å². The fraction of sp³-hybridized carbons (Fsp3) is 0.708. The average Bonchev–Trinajstić information content (AvgIpc) is 3.42. The maximum atomic E-state index is 11.8. The number of thiophene rings is 1. The van der Waals surface area contributed by atoms with Gasteiger partial charge in [0.15, 0.2) is 12.4 Å². The van der Waals surface area contributed by atoms with Crippen LogP contribution in [0.1, 0.15) is 45.9 Å². The van der Waals surface area contributed by atoms with E-state index >= 15 is 0 Å². The van der Waals surface area contributed by atoms with E-state index < -0.39 is 18.1 Å². The molecule has 0 aliphatic carbocycles. The Hall–Kier alpha value is -1.85. The summed E-state index contributed by atoms with van der Waals surface area (Å²) in [5.74, 6) is -0.903. The largest absolute Gasteiger partial charge is 0.466 e. The van der Waals surface area contributed by atoms with E-state index in [1.54, 1.807) is 6.92 Å². The number of ether oxygens (including phenoxy) is 1. The normalized spacial score (nSPS) is 14.6. The number of nitrogens with one attached hydrogen (secondary N) is 1. The molecular weight excluding hydrogens is 458 g/mol. The minimum absolute atomic E-state index is 0.137. The summed E-state index contributed by atoms with van der Waals surface area (Å²) >= 11 is 1.82. The van der Waals surface area contributed by atoms with Crippen LogP contribution >= 0.6 is 11.3 Å². The number of hydrogen-bond acceptors (Lipinski definition) is 9. The van der Waals surface area contributed by atoms with Crippen molar-refractivity contribution in [1.29, 1.82) is 0 Å². The Kier molecular flexibility index (Phi) is 23.1. The van der Waals surface area contributed by atoms with Crippen molar-refractivity contribution in [3.63, 3.8) is 0 Å². The molecule has 2 atom stereocenters. The summed E-state index contributed by atoms with van der Waals surface area (Å²) in [6.07, 6.45) is -1.81. The Labute approximate surface area is 209 Å². The SMILES string of the molecule is CC.CC.CCOC(=O)CCN1CCN(C(=O)C(O)C(O)C=O)CC1.CNCCc1cccs1. The minimum Gasteiger partial charge on any atom is -0.466 e. The lowest BCUT2D eigenvalue weighted by molar-refractivity contribution is -0.150. The van der Waals surface area contributed by atoms with E-state index in [0.29, 0.717) is 45.8 Å². The lowest BCUT2D eigenvalue weighted by Gasteiger charge is -2.35. The van der Waals surface area contributed by atoms with Crippen molar-refractivity contribution in [3.05, 3.63) is 22.4 Å². The molecule has 1 fully saturated rings. The van der Waals surface area contributed by atoms with Crippen molar-refractivity contribution in [2.75, 3.05) is 52.9 Å². The number of carbonyl (C=O) groups excluding carboxylic acids is 3. The van der Waals surface area contributed by atoms with E-state index in [4.69, 9.17) is 9.84 Å². The molecule has 0 radical (unpaired) electrons. The van der Waals surface area contributed by atoms with Crippen LogP contribution in [0.5, 0.6) is 0 Å². The van der Waals surface area contributed by atoms with Crippen molar-refractivity contribution in [3.8, 4) is 0 Å². The van der Waals surface area contributed by atoms with Crippen LogP contribution in [0, 0.1) is 0 Å². The number of esters is 1. The van der Waals surface area contributed by atoms with E-state index in [-0.39, 0.29) is 12.3 Å². The van der Waals surface area contributed by atoms with E-state index in [1.807, 2.05) is 51.0 Å². The summed E-state index contributed by atoms with van der Waals surface area (Å²) in [7, 11) is 1.98. The van der Waals surface area contributed by atoms with Crippen molar-refractivity contribution < 1.29 is 29.3 Å². The molecule has 2 rings (SSSR count). The second kappa shape index (κ2) is 22.9. The number of carbonyl (C=O) groups is 3. The summed E-state index contributed by atoms with van der Waals surface area (Å²) in [5.41, 5.74) is 0. The Morgan fingerprint density at radius 2 is 1.79 bits per heavy atom. The van der Waals surface area contributed by atoms with E-state index in [0.717, 1.165) is 13.0 Å². The number of nitrogens with zero attached hydrogens (tertiary/aromatic N) is 2. The molecule has 0 aromatic carbocycles. The van der Waals surface area contributed by atoms with Crippen LogP contribution in [0.25, 0.3) is 0 Å². The molecule has 0 spiro atoms. The molecule has 2 heterocycles. The highest BCUT2D eigenvalue weighted by molar-refractivity contribution is 7.09. The van der Waals surface area contributed by atoms with Crippen molar-refractivity contribution in [2.24, 2.45) is 0 Å². The van der Waals surface area contributed by atoms with Crippen LogP contribution in [-0.2, 0) is 25.5 Å². The maximum Gasteiger partial charge on any atom is 0.307 e. The molecule has 0 saturated carbocycles. The van der Waals surface area contributed by atoms with Gasteiger partial charge in [0.1, 0.15) is 6.10 Å². The third kappa shape index (κ3) is 15.1. The fourth-order valence-electron chi connectivity index (χ4n) is 2.79. The molecule has 1 saturated heterocycles. The first-order chi connectivity index (χ1) is 16.4. The van der Waals surface area contributed by atoms with Gasteiger partial charge in [-0.15, -0.1) is 11.3 Å². The Balaban J connectivity index is 0. The number of aldehydes is 1. The van der Waals surface area contributed by atoms with Crippen LogP contribution in [0.3, 0.4) is 0 Å². The van der Waals surface area contributed by atoms with Crippen molar-refractivity contribution in [2.45, 2.75) is 59.7 Å². The van der Waals surface area contributed by atoms with Gasteiger partial charge in [-0.3, -0.25) is 14.5 Å². The molecule has 1 aromatic heterocycles. The molecule has 2 unspecified atom stereocenters. The van der Waals surface area contributed by atoms with Crippen molar-refractivity contribution in [1.82, 2.24) is 15.1 Å². The topological polar surface area (TPSA) is 119 Å². The smallest absolute Gasteiger partial charge is 0.307 e. The molecule has 3 N–H and O–H groups in total. The fourth-order valence-corrected chi connectivity index (χ4v) is 3.49.